The Hall–Kier alpha value is -0.980. The van der Waals surface area contributed by atoms with Gasteiger partial charge in [0.25, 0.3) is 5.91 Å². The molecule has 0 unspecified atom stereocenters. The lowest BCUT2D eigenvalue weighted by Gasteiger charge is -2.34. The standard InChI is InChI=1S/C17H27N3O2S/c1-4-13-10-20(11-14(13)19-6-8-22-9-7-19)17(21)16-12(3)18-15(5-2)23-16/h13-14H,4-11H2,1-3H3/t13-,14-/m1/s1. The summed E-state index contributed by atoms with van der Waals surface area (Å²) < 4.78 is 5.47. The molecule has 2 saturated heterocycles. The number of hydrogen-bond acceptors (Lipinski definition) is 5. The maximum absolute atomic E-state index is 12.9. The number of carbonyl (C=O) groups excluding carboxylic acids is 1. The Bertz CT molecular complexity index is 554. The van der Waals surface area contributed by atoms with Gasteiger partial charge in [-0.1, -0.05) is 20.3 Å². The molecular formula is C17H27N3O2S. The van der Waals surface area contributed by atoms with Crippen LogP contribution in [0.2, 0.25) is 0 Å². The van der Waals surface area contributed by atoms with E-state index in [0.717, 1.165) is 67.8 Å². The SMILES string of the molecule is CCc1nc(C)c(C(=O)N2C[C@@H](CC)[C@H](N3CCOCC3)C2)s1. The Kier molecular flexibility index (Phi) is 5.34. The quantitative estimate of drug-likeness (QED) is 0.845. The number of nitrogens with zero attached hydrogens (tertiary/aromatic N) is 3. The average Bonchev–Trinajstić information content (AvgIpc) is 3.18. The van der Waals surface area contributed by atoms with Crippen LogP contribution in [0.25, 0.3) is 0 Å². The molecule has 0 spiro atoms. The minimum atomic E-state index is 0.175. The van der Waals surface area contributed by atoms with E-state index in [1.807, 2.05) is 11.8 Å². The molecule has 1 aromatic heterocycles. The Morgan fingerprint density at radius 3 is 2.65 bits per heavy atom. The summed E-state index contributed by atoms with van der Waals surface area (Å²) in [6, 6.07) is 0.478. The summed E-state index contributed by atoms with van der Waals surface area (Å²) >= 11 is 1.56. The van der Waals surface area contributed by atoms with Crippen LogP contribution < -0.4 is 0 Å². The largest absolute Gasteiger partial charge is 0.379 e. The van der Waals surface area contributed by atoms with Gasteiger partial charge in [0, 0.05) is 32.2 Å². The number of hydrogen-bond donors (Lipinski definition) is 0. The van der Waals surface area contributed by atoms with Gasteiger partial charge in [0.15, 0.2) is 0 Å². The van der Waals surface area contributed by atoms with Gasteiger partial charge < -0.3 is 9.64 Å². The second-order valence-electron chi connectivity index (χ2n) is 6.47. The Morgan fingerprint density at radius 2 is 2.04 bits per heavy atom. The highest BCUT2D eigenvalue weighted by Crippen LogP contribution is 2.29. The van der Waals surface area contributed by atoms with Gasteiger partial charge >= 0.3 is 0 Å². The normalized spacial score (nSPS) is 26.0. The molecule has 2 fully saturated rings. The number of aromatic nitrogens is 1. The van der Waals surface area contributed by atoms with Crippen LogP contribution in [-0.4, -0.2) is 66.1 Å². The summed E-state index contributed by atoms with van der Waals surface area (Å²) in [6.45, 7) is 11.6. The van der Waals surface area contributed by atoms with Crippen LogP contribution in [0.3, 0.4) is 0 Å². The zero-order valence-electron chi connectivity index (χ0n) is 14.4. The van der Waals surface area contributed by atoms with Crippen molar-refractivity contribution in [1.82, 2.24) is 14.8 Å². The fourth-order valence-corrected chi connectivity index (χ4v) is 4.66. The third-order valence-corrected chi connectivity index (χ3v) is 6.36. The minimum Gasteiger partial charge on any atom is -0.379 e. The maximum atomic E-state index is 12.9. The highest BCUT2D eigenvalue weighted by Gasteiger charge is 2.39. The van der Waals surface area contributed by atoms with Crippen LogP contribution in [-0.2, 0) is 11.2 Å². The second kappa shape index (κ2) is 7.28. The van der Waals surface area contributed by atoms with Crippen molar-refractivity contribution in [2.24, 2.45) is 5.92 Å². The molecule has 3 heterocycles. The summed E-state index contributed by atoms with van der Waals surface area (Å²) in [5.74, 6) is 0.741. The third kappa shape index (κ3) is 3.44. The lowest BCUT2D eigenvalue weighted by Crippen LogP contribution is -2.47. The summed E-state index contributed by atoms with van der Waals surface area (Å²) in [7, 11) is 0. The van der Waals surface area contributed by atoms with Crippen LogP contribution >= 0.6 is 11.3 Å². The number of rotatable bonds is 4. The molecule has 0 bridgehead atoms. The van der Waals surface area contributed by atoms with Gasteiger partial charge in [0.2, 0.25) is 0 Å². The first-order valence-electron chi connectivity index (χ1n) is 8.71. The second-order valence-corrected chi connectivity index (χ2v) is 7.55. The van der Waals surface area contributed by atoms with Crippen LogP contribution in [0.5, 0.6) is 0 Å². The van der Waals surface area contributed by atoms with Crippen molar-refractivity contribution in [3.63, 3.8) is 0 Å². The van der Waals surface area contributed by atoms with E-state index < -0.39 is 0 Å². The van der Waals surface area contributed by atoms with Crippen molar-refractivity contribution >= 4 is 17.2 Å². The number of aryl methyl sites for hydroxylation is 2. The van der Waals surface area contributed by atoms with Gasteiger partial charge in [-0.25, -0.2) is 4.98 Å². The summed E-state index contributed by atoms with van der Waals surface area (Å²) in [6.07, 6.45) is 2.01. The summed E-state index contributed by atoms with van der Waals surface area (Å²) in [5.41, 5.74) is 0.889. The lowest BCUT2D eigenvalue weighted by molar-refractivity contribution is 0.0103. The van der Waals surface area contributed by atoms with Crippen LogP contribution in [0.15, 0.2) is 0 Å². The molecule has 2 aliphatic heterocycles. The minimum absolute atomic E-state index is 0.175. The number of carbonyl (C=O) groups is 1. The van der Waals surface area contributed by atoms with Crippen molar-refractivity contribution in [1.29, 1.82) is 0 Å². The molecule has 128 valence electrons. The first-order chi connectivity index (χ1) is 11.1. The number of ether oxygens (including phenoxy) is 1. The van der Waals surface area contributed by atoms with E-state index in [0.29, 0.717) is 12.0 Å². The molecule has 3 rings (SSSR count). The van der Waals surface area contributed by atoms with E-state index in [2.05, 4.69) is 23.7 Å². The maximum Gasteiger partial charge on any atom is 0.265 e. The van der Waals surface area contributed by atoms with Crippen molar-refractivity contribution in [3.05, 3.63) is 15.6 Å². The smallest absolute Gasteiger partial charge is 0.265 e. The molecule has 23 heavy (non-hydrogen) atoms. The van der Waals surface area contributed by atoms with Crippen LogP contribution in [0.1, 0.15) is 40.6 Å². The molecule has 6 heteroatoms. The zero-order chi connectivity index (χ0) is 16.4. The predicted molar refractivity (Wildman–Crippen MR) is 92.1 cm³/mol. The monoisotopic (exact) mass is 337 g/mol. The van der Waals surface area contributed by atoms with Crippen molar-refractivity contribution in [2.45, 2.75) is 39.7 Å². The zero-order valence-corrected chi connectivity index (χ0v) is 15.2. The Labute approximate surface area is 142 Å². The summed E-state index contributed by atoms with van der Waals surface area (Å²) in [4.78, 5) is 22.9. The number of amides is 1. The van der Waals surface area contributed by atoms with Gasteiger partial charge in [-0.05, 0) is 19.3 Å². The van der Waals surface area contributed by atoms with E-state index in [4.69, 9.17) is 4.74 Å². The van der Waals surface area contributed by atoms with Crippen molar-refractivity contribution < 1.29 is 9.53 Å². The number of morpholine rings is 1. The molecule has 0 aliphatic carbocycles. The first-order valence-corrected chi connectivity index (χ1v) is 9.53. The first kappa shape index (κ1) is 16.9. The fraction of sp³-hybridized carbons (Fsp3) is 0.765. The lowest BCUT2D eigenvalue weighted by atomic mass is 9.99. The molecule has 0 aromatic carbocycles. The fourth-order valence-electron chi connectivity index (χ4n) is 3.69. The van der Waals surface area contributed by atoms with E-state index >= 15 is 0 Å². The van der Waals surface area contributed by atoms with Gasteiger partial charge in [0.05, 0.1) is 23.9 Å². The number of likely N-dealkylation sites (tertiary alicyclic amines) is 1. The van der Waals surface area contributed by atoms with Gasteiger partial charge in [-0.15, -0.1) is 11.3 Å². The van der Waals surface area contributed by atoms with Crippen molar-refractivity contribution in [2.75, 3.05) is 39.4 Å². The van der Waals surface area contributed by atoms with E-state index in [1.54, 1.807) is 11.3 Å². The average molecular weight is 337 g/mol. The Balaban J connectivity index is 1.73. The van der Waals surface area contributed by atoms with Crippen molar-refractivity contribution in [3.8, 4) is 0 Å². The molecule has 2 atom stereocenters. The predicted octanol–water partition coefficient (Wildman–Crippen LogP) is 2.20. The third-order valence-electron chi connectivity index (χ3n) is 5.07. The van der Waals surface area contributed by atoms with E-state index in [9.17, 15) is 4.79 Å². The van der Waals surface area contributed by atoms with Gasteiger partial charge in [0.1, 0.15) is 4.88 Å². The highest BCUT2D eigenvalue weighted by atomic mass is 32.1. The molecular weight excluding hydrogens is 310 g/mol. The number of thiazole rings is 1. The van der Waals surface area contributed by atoms with E-state index in [-0.39, 0.29) is 5.91 Å². The highest BCUT2D eigenvalue weighted by molar-refractivity contribution is 7.13. The van der Waals surface area contributed by atoms with Gasteiger partial charge in [-0.3, -0.25) is 9.69 Å². The molecule has 1 aromatic rings. The molecule has 1 amide bonds. The molecule has 0 radical (unpaired) electrons. The van der Waals surface area contributed by atoms with E-state index in [1.165, 1.54) is 0 Å². The van der Waals surface area contributed by atoms with Crippen LogP contribution in [0.4, 0.5) is 0 Å². The molecule has 0 saturated carbocycles. The molecule has 5 nitrogen and oxygen atoms in total. The van der Waals surface area contributed by atoms with Gasteiger partial charge in [-0.2, -0.15) is 0 Å². The topological polar surface area (TPSA) is 45.7 Å². The Morgan fingerprint density at radius 1 is 1.30 bits per heavy atom. The molecule has 0 N–H and O–H groups in total. The molecule has 2 aliphatic rings. The van der Waals surface area contributed by atoms with Crippen LogP contribution in [0, 0.1) is 12.8 Å². The summed E-state index contributed by atoms with van der Waals surface area (Å²) in [5, 5.41) is 1.06.